The molecule has 3 nitrogen and oxygen atoms in total. The number of hydrogen-bond acceptors (Lipinski definition) is 3. The summed E-state index contributed by atoms with van der Waals surface area (Å²) in [6.07, 6.45) is 1.73. The van der Waals surface area contributed by atoms with E-state index in [1.54, 1.807) is 13.3 Å². The molecule has 0 N–H and O–H groups in total. The Labute approximate surface area is 109 Å². The molecule has 2 rings (SSSR count). The van der Waals surface area contributed by atoms with Crippen LogP contribution in [-0.4, -0.2) is 12.1 Å². The van der Waals surface area contributed by atoms with Gasteiger partial charge in [0.1, 0.15) is 11.5 Å². The Bertz CT molecular complexity index is 529. The molecule has 0 spiro atoms. The minimum absolute atomic E-state index is 0.568. The third-order valence-corrected chi connectivity index (χ3v) is 3.12. The van der Waals surface area contributed by atoms with Crippen LogP contribution in [0.2, 0.25) is 0 Å². The Morgan fingerprint density at radius 3 is 2.65 bits per heavy atom. The molecule has 1 aromatic heterocycles. The number of aryl methyl sites for hydroxylation is 1. The lowest BCUT2D eigenvalue weighted by atomic mass is 10.3. The zero-order valence-corrected chi connectivity index (χ0v) is 11.2. The van der Waals surface area contributed by atoms with Gasteiger partial charge in [0.15, 0.2) is 0 Å². The summed E-state index contributed by atoms with van der Waals surface area (Å²) in [6.45, 7) is 1.99. The van der Waals surface area contributed by atoms with E-state index in [0.29, 0.717) is 11.6 Å². The molecule has 0 aliphatic heterocycles. The maximum absolute atomic E-state index is 5.64. The second-order valence-electron chi connectivity index (χ2n) is 3.55. The van der Waals surface area contributed by atoms with Crippen LogP contribution in [0.15, 0.2) is 41.0 Å². The van der Waals surface area contributed by atoms with Crippen molar-refractivity contribution in [1.29, 1.82) is 0 Å². The van der Waals surface area contributed by atoms with Crippen molar-refractivity contribution in [2.75, 3.05) is 7.11 Å². The second kappa shape index (κ2) is 5.19. The SMILES string of the molecule is COc1cccc(Oc2cc(C)c(Br)cn2)c1. The van der Waals surface area contributed by atoms with Crippen LogP contribution in [0.1, 0.15) is 5.56 Å². The quantitative estimate of drug-likeness (QED) is 0.858. The lowest BCUT2D eigenvalue weighted by Gasteiger charge is -2.07. The van der Waals surface area contributed by atoms with Crippen LogP contribution in [0.3, 0.4) is 0 Å². The number of nitrogens with zero attached hydrogens (tertiary/aromatic N) is 1. The van der Waals surface area contributed by atoms with Crippen LogP contribution in [0.4, 0.5) is 0 Å². The Balaban J connectivity index is 2.22. The highest BCUT2D eigenvalue weighted by molar-refractivity contribution is 9.10. The third kappa shape index (κ3) is 2.97. The lowest BCUT2D eigenvalue weighted by molar-refractivity contribution is 0.407. The van der Waals surface area contributed by atoms with Crippen molar-refractivity contribution in [3.05, 3.63) is 46.6 Å². The van der Waals surface area contributed by atoms with Gasteiger partial charge in [-0.2, -0.15) is 0 Å². The van der Waals surface area contributed by atoms with E-state index < -0.39 is 0 Å². The normalized spacial score (nSPS) is 10.1. The predicted molar refractivity (Wildman–Crippen MR) is 69.7 cm³/mol. The largest absolute Gasteiger partial charge is 0.497 e. The van der Waals surface area contributed by atoms with Crippen molar-refractivity contribution in [3.63, 3.8) is 0 Å². The summed E-state index contributed by atoms with van der Waals surface area (Å²) in [5.74, 6) is 2.04. The van der Waals surface area contributed by atoms with Crippen LogP contribution in [-0.2, 0) is 0 Å². The van der Waals surface area contributed by atoms with Crippen molar-refractivity contribution < 1.29 is 9.47 Å². The summed E-state index contributed by atoms with van der Waals surface area (Å²) >= 11 is 3.40. The average Bonchev–Trinajstić information content (AvgIpc) is 2.34. The van der Waals surface area contributed by atoms with Gasteiger partial charge in [-0.15, -0.1) is 0 Å². The van der Waals surface area contributed by atoms with E-state index in [0.717, 1.165) is 15.8 Å². The first-order valence-corrected chi connectivity index (χ1v) is 5.92. The second-order valence-corrected chi connectivity index (χ2v) is 4.41. The van der Waals surface area contributed by atoms with E-state index >= 15 is 0 Å². The van der Waals surface area contributed by atoms with Gasteiger partial charge >= 0.3 is 0 Å². The maximum atomic E-state index is 5.64. The molecule has 0 aliphatic carbocycles. The third-order valence-electron chi connectivity index (χ3n) is 2.29. The summed E-state index contributed by atoms with van der Waals surface area (Å²) in [6, 6.07) is 9.30. The van der Waals surface area contributed by atoms with E-state index in [2.05, 4.69) is 20.9 Å². The zero-order valence-electron chi connectivity index (χ0n) is 9.61. The molecule has 0 saturated heterocycles. The first-order valence-electron chi connectivity index (χ1n) is 5.13. The molecule has 0 aliphatic rings. The van der Waals surface area contributed by atoms with Crippen molar-refractivity contribution in [2.45, 2.75) is 6.92 Å². The molecule has 0 bridgehead atoms. The van der Waals surface area contributed by atoms with Crippen LogP contribution in [0.5, 0.6) is 17.4 Å². The highest BCUT2D eigenvalue weighted by atomic mass is 79.9. The molecular weight excluding hydrogens is 282 g/mol. The number of halogens is 1. The predicted octanol–water partition coefficient (Wildman–Crippen LogP) is 3.95. The van der Waals surface area contributed by atoms with E-state index in [9.17, 15) is 0 Å². The van der Waals surface area contributed by atoms with Gasteiger partial charge in [-0.1, -0.05) is 6.07 Å². The Morgan fingerprint density at radius 2 is 1.94 bits per heavy atom. The summed E-state index contributed by atoms with van der Waals surface area (Å²) in [5, 5.41) is 0. The fraction of sp³-hybridized carbons (Fsp3) is 0.154. The lowest BCUT2D eigenvalue weighted by Crippen LogP contribution is -1.90. The van der Waals surface area contributed by atoms with Gasteiger partial charge in [0.2, 0.25) is 5.88 Å². The van der Waals surface area contributed by atoms with Crippen molar-refractivity contribution in [2.24, 2.45) is 0 Å². The van der Waals surface area contributed by atoms with Crippen LogP contribution < -0.4 is 9.47 Å². The molecule has 0 amide bonds. The first-order chi connectivity index (χ1) is 8.19. The molecule has 0 fully saturated rings. The van der Waals surface area contributed by atoms with Crippen LogP contribution in [0, 0.1) is 6.92 Å². The molecule has 4 heteroatoms. The number of methoxy groups -OCH3 is 1. The molecule has 0 saturated carbocycles. The number of hydrogen-bond donors (Lipinski definition) is 0. The average molecular weight is 294 g/mol. The van der Waals surface area contributed by atoms with E-state index in [-0.39, 0.29) is 0 Å². The van der Waals surface area contributed by atoms with Gasteiger partial charge in [0.05, 0.1) is 7.11 Å². The molecule has 0 unspecified atom stereocenters. The summed E-state index contributed by atoms with van der Waals surface area (Å²) < 4.78 is 11.7. The van der Waals surface area contributed by atoms with Gasteiger partial charge in [-0.3, -0.25) is 0 Å². The Kier molecular flexibility index (Phi) is 3.64. The maximum Gasteiger partial charge on any atom is 0.219 e. The molecule has 0 radical (unpaired) electrons. The first kappa shape index (κ1) is 11.9. The van der Waals surface area contributed by atoms with Gasteiger partial charge in [0, 0.05) is 22.8 Å². The van der Waals surface area contributed by atoms with Crippen molar-refractivity contribution >= 4 is 15.9 Å². The minimum atomic E-state index is 0.568. The topological polar surface area (TPSA) is 31.4 Å². The number of aromatic nitrogens is 1. The molecule has 88 valence electrons. The van der Waals surface area contributed by atoms with Gasteiger partial charge < -0.3 is 9.47 Å². The zero-order chi connectivity index (χ0) is 12.3. The molecule has 1 aromatic carbocycles. The fourth-order valence-electron chi connectivity index (χ4n) is 1.35. The highest BCUT2D eigenvalue weighted by Gasteiger charge is 2.02. The van der Waals surface area contributed by atoms with Crippen LogP contribution in [0.25, 0.3) is 0 Å². The van der Waals surface area contributed by atoms with E-state index in [1.165, 1.54) is 0 Å². The number of rotatable bonds is 3. The molecule has 1 heterocycles. The summed E-state index contributed by atoms with van der Waals surface area (Å²) in [5.41, 5.74) is 1.08. The minimum Gasteiger partial charge on any atom is -0.497 e. The standard InChI is InChI=1S/C13H12BrNO2/c1-9-6-13(15-8-12(9)14)17-11-5-3-4-10(7-11)16-2/h3-8H,1-2H3. The molecular formula is C13H12BrNO2. The van der Waals surface area contributed by atoms with Crippen molar-refractivity contribution in [3.8, 4) is 17.4 Å². The van der Waals surface area contributed by atoms with Crippen molar-refractivity contribution in [1.82, 2.24) is 4.98 Å². The highest BCUT2D eigenvalue weighted by Crippen LogP contribution is 2.26. The van der Waals surface area contributed by atoms with Crippen LogP contribution >= 0.6 is 15.9 Å². The Morgan fingerprint density at radius 1 is 1.18 bits per heavy atom. The number of benzene rings is 1. The van der Waals surface area contributed by atoms with Gasteiger partial charge in [-0.05, 0) is 40.5 Å². The molecule has 17 heavy (non-hydrogen) atoms. The smallest absolute Gasteiger partial charge is 0.219 e. The van der Waals surface area contributed by atoms with Gasteiger partial charge in [0.25, 0.3) is 0 Å². The van der Waals surface area contributed by atoms with E-state index in [4.69, 9.17) is 9.47 Å². The van der Waals surface area contributed by atoms with E-state index in [1.807, 2.05) is 37.3 Å². The summed E-state index contributed by atoms with van der Waals surface area (Å²) in [4.78, 5) is 4.18. The fourth-order valence-corrected chi connectivity index (χ4v) is 1.57. The monoisotopic (exact) mass is 293 g/mol. The number of ether oxygens (including phenoxy) is 2. The molecule has 0 atom stereocenters. The number of pyridine rings is 1. The Hall–Kier alpha value is -1.55. The summed E-state index contributed by atoms with van der Waals surface area (Å²) in [7, 11) is 1.63. The molecule has 2 aromatic rings. The van der Waals surface area contributed by atoms with Gasteiger partial charge in [-0.25, -0.2) is 4.98 Å².